The SMILES string of the molecule is Cc1cccc(C)c1NC(=O)CN(C)C(=O)COC(=O)CCC(=O)c1ccccc1. The molecule has 2 aromatic carbocycles. The molecule has 0 radical (unpaired) electrons. The topological polar surface area (TPSA) is 92.8 Å². The minimum Gasteiger partial charge on any atom is -0.456 e. The number of Topliss-reactive ketones (excluding diaryl/α,β-unsaturated/α-hetero) is 1. The second kappa shape index (κ2) is 10.9. The van der Waals surface area contributed by atoms with Gasteiger partial charge in [0.1, 0.15) is 0 Å². The van der Waals surface area contributed by atoms with Gasteiger partial charge in [0.05, 0.1) is 13.0 Å². The Morgan fingerprint density at radius 1 is 0.900 bits per heavy atom. The van der Waals surface area contributed by atoms with E-state index in [1.165, 1.54) is 11.9 Å². The summed E-state index contributed by atoms with van der Waals surface area (Å²) in [6, 6.07) is 14.3. The second-order valence-electron chi connectivity index (χ2n) is 7.01. The molecular formula is C23H26N2O5. The monoisotopic (exact) mass is 410 g/mol. The minimum absolute atomic E-state index is 0.00502. The average molecular weight is 410 g/mol. The van der Waals surface area contributed by atoms with Gasteiger partial charge in [-0.25, -0.2) is 0 Å². The predicted octanol–water partition coefficient (Wildman–Crippen LogP) is 2.91. The van der Waals surface area contributed by atoms with Gasteiger partial charge in [-0.1, -0.05) is 48.5 Å². The first-order valence-electron chi connectivity index (χ1n) is 9.62. The molecule has 0 bridgehead atoms. The van der Waals surface area contributed by atoms with Gasteiger partial charge in [0.25, 0.3) is 5.91 Å². The summed E-state index contributed by atoms with van der Waals surface area (Å²) in [7, 11) is 1.46. The van der Waals surface area contributed by atoms with Crippen molar-refractivity contribution in [3.05, 3.63) is 65.2 Å². The van der Waals surface area contributed by atoms with E-state index in [4.69, 9.17) is 4.74 Å². The third kappa shape index (κ3) is 6.84. The Balaban J connectivity index is 1.74. The lowest BCUT2D eigenvalue weighted by Gasteiger charge is -2.18. The quantitative estimate of drug-likeness (QED) is 0.507. The van der Waals surface area contributed by atoms with Crippen molar-refractivity contribution in [3.63, 3.8) is 0 Å². The van der Waals surface area contributed by atoms with Crippen molar-refractivity contribution < 1.29 is 23.9 Å². The van der Waals surface area contributed by atoms with Crippen molar-refractivity contribution in [2.24, 2.45) is 0 Å². The molecular weight excluding hydrogens is 384 g/mol. The predicted molar refractivity (Wildman–Crippen MR) is 113 cm³/mol. The van der Waals surface area contributed by atoms with Crippen molar-refractivity contribution in [2.75, 3.05) is 25.5 Å². The van der Waals surface area contributed by atoms with Crippen LogP contribution in [0.1, 0.15) is 34.3 Å². The number of likely N-dealkylation sites (N-methyl/N-ethyl adjacent to an activating group) is 1. The van der Waals surface area contributed by atoms with Gasteiger partial charge in [-0.3, -0.25) is 19.2 Å². The number of hydrogen-bond acceptors (Lipinski definition) is 5. The Kier molecular flexibility index (Phi) is 8.29. The first-order chi connectivity index (χ1) is 14.3. The lowest BCUT2D eigenvalue weighted by Crippen LogP contribution is -2.37. The first kappa shape index (κ1) is 22.8. The molecule has 7 nitrogen and oxygen atoms in total. The van der Waals surface area contributed by atoms with Crippen molar-refractivity contribution in [2.45, 2.75) is 26.7 Å². The van der Waals surface area contributed by atoms with Crippen LogP contribution in [0.4, 0.5) is 5.69 Å². The van der Waals surface area contributed by atoms with Crippen LogP contribution in [0.25, 0.3) is 0 Å². The number of nitrogens with one attached hydrogen (secondary N) is 1. The summed E-state index contributed by atoms with van der Waals surface area (Å²) in [5.74, 6) is -1.65. The summed E-state index contributed by atoms with van der Waals surface area (Å²) >= 11 is 0. The van der Waals surface area contributed by atoms with Crippen LogP contribution < -0.4 is 5.32 Å². The molecule has 30 heavy (non-hydrogen) atoms. The van der Waals surface area contributed by atoms with E-state index in [0.717, 1.165) is 16.8 Å². The highest BCUT2D eigenvalue weighted by Gasteiger charge is 2.17. The van der Waals surface area contributed by atoms with Crippen LogP contribution in [0.5, 0.6) is 0 Å². The Labute approximate surface area is 176 Å². The molecule has 0 saturated carbocycles. The average Bonchev–Trinajstić information content (AvgIpc) is 2.73. The number of rotatable bonds is 9. The lowest BCUT2D eigenvalue weighted by atomic mass is 10.1. The van der Waals surface area contributed by atoms with Crippen LogP contribution in [-0.2, 0) is 19.1 Å². The maximum atomic E-state index is 12.2. The minimum atomic E-state index is -0.638. The molecule has 0 unspecified atom stereocenters. The van der Waals surface area contributed by atoms with Crippen molar-refractivity contribution in [1.29, 1.82) is 0 Å². The maximum absolute atomic E-state index is 12.2. The molecule has 158 valence electrons. The number of aryl methyl sites for hydroxylation is 2. The number of carbonyl (C=O) groups excluding carboxylic acids is 4. The van der Waals surface area contributed by atoms with E-state index < -0.39 is 18.5 Å². The zero-order valence-electron chi connectivity index (χ0n) is 17.4. The van der Waals surface area contributed by atoms with Gasteiger partial charge < -0.3 is 15.0 Å². The number of hydrogen-bond donors (Lipinski definition) is 1. The van der Waals surface area contributed by atoms with Crippen LogP contribution in [0.15, 0.2) is 48.5 Å². The normalized spacial score (nSPS) is 10.2. The molecule has 0 atom stereocenters. The lowest BCUT2D eigenvalue weighted by molar-refractivity contribution is -0.151. The standard InChI is InChI=1S/C23H26N2O5/c1-16-8-7-9-17(2)23(16)24-20(27)14-25(3)21(28)15-30-22(29)13-12-19(26)18-10-5-4-6-11-18/h4-11H,12-15H2,1-3H3,(H,24,27). The molecule has 0 saturated heterocycles. The van der Waals surface area contributed by atoms with Gasteiger partial charge in [0.15, 0.2) is 12.4 Å². The Bertz CT molecular complexity index is 904. The number of carbonyl (C=O) groups is 4. The zero-order valence-corrected chi connectivity index (χ0v) is 17.4. The summed E-state index contributed by atoms with van der Waals surface area (Å²) in [5, 5.41) is 2.80. The molecule has 0 spiro atoms. The van der Waals surface area contributed by atoms with Gasteiger partial charge >= 0.3 is 5.97 Å². The van der Waals surface area contributed by atoms with Crippen LogP contribution in [-0.4, -0.2) is 48.7 Å². The highest BCUT2D eigenvalue weighted by atomic mass is 16.5. The molecule has 2 aromatic rings. The largest absolute Gasteiger partial charge is 0.456 e. The summed E-state index contributed by atoms with van der Waals surface area (Å²) < 4.78 is 4.94. The molecule has 2 rings (SSSR count). The molecule has 7 heteroatoms. The van der Waals surface area contributed by atoms with Crippen molar-refractivity contribution in [1.82, 2.24) is 4.90 Å². The molecule has 0 fully saturated rings. The highest BCUT2D eigenvalue weighted by Crippen LogP contribution is 2.19. The summed E-state index contributed by atoms with van der Waals surface area (Å²) in [6.45, 7) is 3.13. The summed E-state index contributed by atoms with van der Waals surface area (Å²) in [6.07, 6.45) is -0.108. The van der Waals surface area contributed by atoms with Crippen molar-refractivity contribution >= 4 is 29.3 Å². The van der Waals surface area contributed by atoms with Gasteiger partial charge in [-0.15, -0.1) is 0 Å². The Hall–Kier alpha value is -3.48. The highest BCUT2D eigenvalue weighted by molar-refractivity contribution is 5.98. The molecule has 0 aliphatic heterocycles. The van der Waals surface area contributed by atoms with Crippen LogP contribution >= 0.6 is 0 Å². The molecule has 2 amide bonds. The summed E-state index contributed by atoms with van der Waals surface area (Å²) in [4.78, 5) is 49.4. The number of benzene rings is 2. The van der Waals surface area contributed by atoms with E-state index in [-0.39, 0.29) is 31.1 Å². The first-order valence-corrected chi connectivity index (χ1v) is 9.62. The number of ketones is 1. The van der Waals surface area contributed by atoms with E-state index >= 15 is 0 Å². The number of nitrogens with zero attached hydrogens (tertiary/aromatic N) is 1. The number of ether oxygens (including phenoxy) is 1. The molecule has 0 aromatic heterocycles. The Morgan fingerprint density at radius 2 is 1.53 bits per heavy atom. The molecule has 1 N–H and O–H groups in total. The van der Waals surface area contributed by atoms with Gasteiger partial charge in [0, 0.05) is 24.7 Å². The van der Waals surface area contributed by atoms with Gasteiger partial charge in [-0.2, -0.15) is 0 Å². The van der Waals surface area contributed by atoms with Crippen LogP contribution in [0, 0.1) is 13.8 Å². The number of esters is 1. The molecule has 0 aliphatic rings. The van der Waals surface area contributed by atoms with E-state index in [1.54, 1.807) is 30.3 Å². The summed E-state index contributed by atoms with van der Waals surface area (Å²) in [5.41, 5.74) is 3.10. The Morgan fingerprint density at radius 3 is 2.17 bits per heavy atom. The third-order valence-corrected chi connectivity index (χ3v) is 4.56. The fraction of sp³-hybridized carbons (Fsp3) is 0.304. The maximum Gasteiger partial charge on any atom is 0.306 e. The smallest absolute Gasteiger partial charge is 0.306 e. The van der Waals surface area contributed by atoms with Crippen molar-refractivity contribution in [3.8, 4) is 0 Å². The number of amides is 2. The van der Waals surface area contributed by atoms with Gasteiger partial charge in [0.2, 0.25) is 5.91 Å². The third-order valence-electron chi connectivity index (χ3n) is 4.56. The van der Waals surface area contributed by atoms with E-state index in [1.807, 2.05) is 32.0 Å². The second-order valence-corrected chi connectivity index (χ2v) is 7.01. The van der Waals surface area contributed by atoms with E-state index in [9.17, 15) is 19.2 Å². The molecule has 0 heterocycles. The number of para-hydroxylation sites is 1. The van der Waals surface area contributed by atoms with Crippen LogP contribution in [0.2, 0.25) is 0 Å². The molecule has 0 aliphatic carbocycles. The number of anilines is 1. The zero-order chi connectivity index (χ0) is 22.1. The van der Waals surface area contributed by atoms with Crippen LogP contribution in [0.3, 0.4) is 0 Å². The van der Waals surface area contributed by atoms with E-state index in [2.05, 4.69) is 5.32 Å². The van der Waals surface area contributed by atoms with Gasteiger partial charge in [-0.05, 0) is 25.0 Å². The van der Waals surface area contributed by atoms with E-state index in [0.29, 0.717) is 5.56 Å². The fourth-order valence-electron chi connectivity index (χ4n) is 2.80. The fourth-order valence-corrected chi connectivity index (χ4v) is 2.80.